The lowest BCUT2D eigenvalue weighted by Gasteiger charge is -2.38. The molecule has 1 aliphatic carbocycles. The topological polar surface area (TPSA) is 29.5 Å². The minimum atomic E-state index is -0.366. The lowest BCUT2D eigenvalue weighted by Crippen LogP contribution is -2.40. The van der Waals surface area contributed by atoms with E-state index in [9.17, 15) is 5.11 Å². The number of hydrogen-bond donors (Lipinski definition) is 1. The van der Waals surface area contributed by atoms with Gasteiger partial charge in [0.15, 0.2) is 0 Å². The highest BCUT2D eigenvalue weighted by molar-refractivity contribution is 5.41. The number of ether oxygens (including phenoxy) is 1. The first kappa shape index (κ1) is 10.2. The Morgan fingerprint density at radius 1 is 1.38 bits per heavy atom. The Balaban J connectivity index is 1.99. The number of hydrogen-bond acceptors (Lipinski definition) is 2. The van der Waals surface area contributed by atoms with Crippen molar-refractivity contribution in [3.05, 3.63) is 29.3 Å². The van der Waals surface area contributed by atoms with Gasteiger partial charge in [-0.05, 0) is 44.7 Å². The van der Waals surface area contributed by atoms with E-state index in [0.29, 0.717) is 5.92 Å². The van der Waals surface area contributed by atoms with Crippen LogP contribution in [0.3, 0.4) is 0 Å². The Morgan fingerprint density at radius 2 is 2.12 bits per heavy atom. The highest BCUT2D eigenvalue weighted by Crippen LogP contribution is 2.50. The summed E-state index contributed by atoms with van der Waals surface area (Å²) in [6, 6.07) is 6.07. The van der Waals surface area contributed by atoms with E-state index in [1.807, 2.05) is 25.1 Å². The standard InChI is InChI=1S/C14H18O2/c1-9-3-6-13-11(7-9)12(15)8-14(2,16-13)10-4-5-10/h3,6-7,10,12,15H,4-5,8H2,1-2H3. The second kappa shape index (κ2) is 3.24. The van der Waals surface area contributed by atoms with Crippen LogP contribution in [0.15, 0.2) is 18.2 Å². The van der Waals surface area contributed by atoms with Crippen molar-refractivity contribution in [2.75, 3.05) is 0 Å². The Bertz CT molecular complexity index is 423. The van der Waals surface area contributed by atoms with Crippen LogP contribution < -0.4 is 4.74 Å². The van der Waals surface area contributed by atoms with Crippen molar-refractivity contribution in [2.45, 2.75) is 44.8 Å². The first-order valence-electron chi connectivity index (χ1n) is 6.06. The molecular formula is C14H18O2. The summed E-state index contributed by atoms with van der Waals surface area (Å²) in [6.45, 7) is 4.18. The number of aliphatic hydroxyl groups is 1. The van der Waals surface area contributed by atoms with E-state index in [1.54, 1.807) is 0 Å². The van der Waals surface area contributed by atoms with Crippen LogP contribution in [-0.2, 0) is 0 Å². The fraction of sp³-hybridized carbons (Fsp3) is 0.571. The predicted molar refractivity (Wildman–Crippen MR) is 62.5 cm³/mol. The molecular weight excluding hydrogens is 200 g/mol. The Labute approximate surface area is 96.2 Å². The van der Waals surface area contributed by atoms with E-state index in [-0.39, 0.29) is 11.7 Å². The number of aryl methyl sites for hydroxylation is 1. The lowest BCUT2D eigenvalue weighted by molar-refractivity contribution is -0.0166. The highest BCUT2D eigenvalue weighted by atomic mass is 16.5. The number of rotatable bonds is 1. The zero-order valence-corrected chi connectivity index (χ0v) is 9.86. The van der Waals surface area contributed by atoms with Gasteiger partial charge in [-0.2, -0.15) is 0 Å². The molecule has 3 rings (SSSR count). The maximum absolute atomic E-state index is 10.2. The van der Waals surface area contributed by atoms with Crippen molar-refractivity contribution in [1.29, 1.82) is 0 Å². The molecule has 2 aliphatic rings. The molecule has 1 saturated carbocycles. The van der Waals surface area contributed by atoms with E-state index in [2.05, 4.69) is 6.92 Å². The summed E-state index contributed by atoms with van der Waals surface area (Å²) in [7, 11) is 0. The normalized spacial score (nSPS) is 33.1. The van der Waals surface area contributed by atoms with Crippen LogP contribution in [0.1, 0.15) is 43.4 Å². The van der Waals surface area contributed by atoms with Gasteiger partial charge in [-0.25, -0.2) is 0 Å². The molecule has 2 unspecified atom stereocenters. The van der Waals surface area contributed by atoms with Crippen LogP contribution in [0.5, 0.6) is 5.75 Å². The van der Waals surface area contributed by atoms with Gasteiger partial charge in [-0.3, -0.25) is 0 Å². The van der Waals surface area contributed by atoms with Gasteiger partial charge in [-0.1, -0.05) is 11.6 Å². The molecule has 2 nitrogen and oxygen atoms in total. The van der Waals surface area contributed by atoms with Crippen LogP contribution >= 0.6 is 0 Å². The average Bonchev–Trinajstić information content (AvgIpc) is 3.03. The van der Waals surface area contributed by atoms with Gasteiger partial charge < -0.3 is 9.84 Å². The molecule has 1 aliphatic heterocycles. The van der Waals surface area contributed by atoms with Crippen molar-refractivity contribution >= 4 is 0 Å². The average molecular weight is 218 g/mol. The van der Waals surface area contributed by atoms with Gasteiger partial charge in [0, 0.05) is 12.0 Å². The number of benzene rings is 1. The van der Waals surface area contributed by atoms with Crippen molar-refractivity contribution in [3.63, 3.8) is 0 Å². The molecule has 0 spiro atoms. The van der Waals surface area contributed by atoms with Gasteiger partial charge in [0.1, 0.15) is 11.4 Å². The summed E-state index contributed by atoms with van der Waals surface area (Å²) < 4.78 is 6.11. The Kier molecular flexibility index (Phi) is 2.05. The van der Waals surface area contributed by atoms with Gasteiger partial charge in [0.25, 0.3) is 0 Å². The molecule has 0 saturated heterocycles. The van der Waals surface area contributed by atoms with Crippen molar-refractivity contribution in [1.82, 2.24) is 0 Å². The van der Waals surface area contributed by atoms with Crippen LogP contribution in [0.4, 0.5) is 0 Å². The van der Waals surface area contributed by atoms with Gasteiger partial charge in [-0.15, -0.1) is 0 Å². The Morgan fingerprint density at radius 3 is 2.81 bits per heavy atom. The fourth-order valence-electron chi connectivity index (χ4n) is 2.75. The van der Waals surface area contributed by atoms with E-state index in [0.717, 1.165) is 17.7 Å². The summed E-state index contributed by atoms with van der Waals surface area (Å²) >= 11 is 0. The summed E-state index contributed by atoms with van der Waals surface area (Å²) in [5.74, 6) is 1.51. The molecule has 1 aromatic rings. The quantitative estimate of drug-likeness (QED) is 0.785. The molecule has 0 radical (unpaired) electrons. The van der Waals surface area contributed by atoms with Crippen LogP contribution in [0.2, 0.25) is 0 Å². The predicted octanol–water partition coefficient (Wildman–Crippen LogP) is 2.98. The monoisotopic (exact) mass is 218 g/mol. The first-order valence-corrected chi connectivity index (χ1v) is 6.06. The van der Waals surface area contributed by atoms with Gasteiger partial charge in [0.05, 0.1) is 6.10 Å². The third-order valence-electron chi connectivity index (χ3n) is 3.91. The Hall–Kier alpha value is -1.02. The first-order chi connectivity index (χ1) is 7.58. The molecule has 0 amide bonds. The van der Waals surface area contributed by atoms with E-state index in [1.165, 1.54) is 18.4 Å². The molecule has 86 valence electrons. The van der Waals surface area contributed by atoms with Crippen LogP contribution in [0, 0.1) is 12.8 Å². The van der Waals surface area contributed by atoms with E-state index < -0.39 is 0 Å². The minimum Gasteiger partial charge on any atom is -0.487 e. The molecule has 1 aromatic carbocycles. The maximum atomic E-state index is 10.2. The molecule has 1 N–H and O–H groups in total. The van der Waals surface area contributed by atoms with E-state index in [4.69, 9.17) is 4.74 Å². The maximum Gasteiger partial charge on any atom is 0.125 e. The molecule has 2 atom stereocenters. The van der Waals surface area contributed by atoms with Gasteiger partial charge >= 0.3 is 0 Å². The summed E-state index contributed by atoms with van der Waals surface area (Å²) in [6.07, 6.45) is 2.84. The number of aliphatic hydroxyl groups excluding tert-OH is 1. The van der Waals surface area contributed by atoms with E-state index >= 15 is 0 Å². The van der Waals surface area contributed by atoms with Gasteiger partial charge in [0.2, 0.25) is 0 Å². The zero-order chi connectivity index (χ0) is 11.3. The smallest absolute Gasteiger partial charge is 0.125 e. The SMILES string of the molecule is Cc1ccc2c(c1)C(O)CC(C)(C1CC1)O2. The minimum absolute atomic E-state index is 0.151. The second-order valence-electron chi connectivity index (χ2n) is 5.45. The zero-order valence-electron chi connectivity index (χ0n) is 9.86. The number of fused-ring (bicyclic) bond motifs is 1. The van der Waals surface area contributed by atoms with Crippen molar-refractivity contribution < 1.29 is 9.84 Å². The summed E-state index contributed by atoms with van der Waals surface area (Å²) in [5, 5.41) is 10.2. The lowest BCUT2D eigenvalue weighted by atomic mass is 9.86. The fourth-order valence-corrected chi connectivity index (χ4v) is 2.75. The highest BCUT2D eigenvalue weighted by Gasteiger charge is 2.47. The second-order valence-corrected chi connectivity index (χ2v) is 5.45. The van der Waals surface area contributed by atoms with Crippen LogP contribution in [0.25, 0.3) is 0 Å². The van der Waals surface area contributed by atoms with Crippen LogP contribution in [-0.4, -0.2) is 10.7 Å². The molecule has 2 heteroatoms. The molecule has 1 fully saturated rings. The molecule has 16 heavy (non-hydrogen) atoms. The summed E-state index contributed by atoms with van der Waals surface area (Å²) in [4.78, 5) is 0. The third-order valence-corrected chi connectivity index (χ3v) is 3.91. The molecule has 0 aromatic heterocycles. The van der Waals surface area contributed by atoms with Crippen molar-refractivity contribution in [3.8, 4) is 5.75 Å². The third kappa shape index (κ3) is 1.52. The molecule has 0 bridgehead atoms. The largest absolute Gasteiger partial charge is 0.487 e. The van der Waals surface area contributed by atoms with Crippen molar-refractivity contribution in [2.24, 2.45) is 5.92 Å². The molecule has 1 heterocycles. The summed E-state index contributed by atoms with van der Waals surface area (Å²) in [5.41, 5.74) is 1.98.